The van der Waals surface area contributed by atoms with Crippen LogP contribution in [0.25, 0.3) is 10.9 Å². The first-order valence-electron chi connectivity index (χ1n) is 6.65. The molecule has 2 heterocycles. The van der Waals surface area contributed by atoms with E-state index in [0.29, 0.717) is 6.42 Å². The molecule has 3 aromatic rings. The minimum Gasteiger partial charge on any atom is -0.289 e. The Morgan fingerprint density at radius 2 is 2.09 bits per heavy atom. The van der Waals surface area contributed by atoms with Crippen molar-refractivity contribution in [2.24, 2.45) is 0 Å². The van der Waals surface area contributed by atoms with E-state index in [2.05, 4.69) is 32.7 Å². The lowest BCUT2D eigenvalue weighted by Gasteiger charge is -2.15. The van der Waals surface area contributed by atoms with Crippen molar-refractivity contribution < 1.29 is 10.0 Å². The number of nitrogens with one attached hydrogen (secondary N) is 1. The van der Waals surface area contributed by atoms with E-state index in [1.54, 1.807) is 28.8 Å². The molecule has 0 saturated heterocycles. The molecule has 0 spiro atoms. The second kappa shape index (κ2) is 6.41. The van der Waals surface area contributed by atoms with Crippen molar-refractivity contribution in [3.8, 4) is 0 Å². The van der Waals surface area contributed by atoms with Crippen LogP contribution in [0.1, 0.15) is 11.6 Å². The van der Waals surface area contributed by atoms with Gasteiger partial charge in [0.1, 0.15) is 11.6 Å². The number of pyridine rings is 1. The van der Waals surface area contributed by atoms with Gasteiger partial charge in [-0.05, 0) is 28.2 Å². The Morgan fingerprint density at radius 1 is 1.32 bits per heavy atom. The number of halogens is 1. The third-order valence-corrected chi connectivity index (χ3v) is 4.18. The van der Waals surface area contributed by atoms with Crippen LogP contribution in [-0.4, -0.2) is 25.9 Å². The Labute approximate surface area is 140 Å². The van der Waals surface area contributed by atoms with Crippen LogP contribution < -0.4 is 5.48 Å². The van der Waals surface area contributed by atoms with Crippen LogP contribution in [0.3, 0.4) is 0 Å². The third-order valence-electron chi connectivity index (χ3n) is 3.39. The summed E-state index contributed by atoms with van der Waals surface area (Å²) >= 11 is 2.16. The molecule has 0 aliphatic rings. The van der Waals surface area contributed by atoms with Gasteiger partial charge in [0.05, 0.1) is 3.57 Å². The van der Waals surface area contributed by atoms with Gasteiger partial charge in [0.2, 0.25) is 0 Å². The van der Waals surface area contributed by atoms with E-state index in [1.807, 2.05) is 30.3 Å². The number of fused-ring (bicyclic) bond motifs is 1. The van der Waals surface area contributed by atoms with E-state index in [9.17, 15) is 4.79 Å². The Kier molecular flexibility index (Phi) is 4.34. The molecule has 22 heavy (non-hydrogen) atoms. The number of carbonyl (C=O) groups excluding carboxylic acids is 1. The molecule has 1 amide bonds. The van der Waals surface area contributed by atoms with Crippen molar-refractivity contribution in [3.63, 3.8) is 0 Å². The number of amides is 1. The highest BCUT2D eigenvalue weighted by molar-refractivity contribution is 14.1. The lowest BCUT2D eigenvalue weighted by atomic mass is 10.1. The molecule has 0 saturated carbocycles. The zero-order valence-electron chi connectivity index (χ0n) is 11.5. The molecule has 3 rings (SSSR count). The predicted molar refractivity (Wildman–Crippen MR) is 89.4 cm³/mol. The largest absolute Gasteiger partial charge is 0.289 e. The molecule has 2 aromatic heterocycles. The number of hydrogen-bond acceptors (Lipinski definition) is 4. The first-order valence-corrected chi connectivity index (χ1v) is 7.73. The molecule has 0 aliphatic heterocycles. The summed E-state index contributed by atoms with van der Waals surface area (Å²) in [5.74, 6) is -0.500. The molecule has 1 aromatic carbocycles. The van der Waals surface area contributed by atoms with Crippen LogP contribution in [-0.2, 0) is 11.2 Å². The molecule has 2 N–H and O–H groups in total. The summed E-state index contributed by atoms with van der Waals surface area (Å²) in [5, 5.41) is 14.4. The highest BCUT2D eigenvalue weighted by Gasteiger charge is 2.22. The smallest absolute Gasteiger partial charge is 0.268 e. The van der Waals surface area contributed by atoms with E-state index < -0.39 is 11.9 Å². The normalized spacial score (nSPS) is 12.3. The maximum absolute atomic E-state index is 12.0. The van der Waals surface area contributed by atoms with Gasteiger partial charge >= 0.3 is 0 Å². The summed E-state index contributed by atoms with van der Waals surface area (Å²) in [4.78, 5) is 16.2. The van der Waals surface area contributed by atoms with Crippen molar-refractivity contribution in [1.82, 2.24) is 20.2 Å². The first kappa shape index (κ1) is 14.9. The van der Waals surface area contributed by atoms with E-state index in [1.165, 1.54) is 0 Å². The van der Waals surface area contributed by atoms with Crippen LogP contribution in [0.4, 0.5) is 0 Å². The van der Waals surface area contributed by atoms with Gasteiger partial charge in [-0.15, -0.1) is 0 Å². The number of aromatic nitrogens is 3. The molecule has 7 heteroatoms. The molecular weight excluding hydrogens is 395 g/mol. The van der Waals surface area contributed by atoms with Gasteiger partial charge in [0.15, 0.2) is 0 Å². The molecule has 6 nitrogen and oxygen atoms in total. The Morgan fingerprint density at radius 3 is 2.77 bits per heavy atom. The monoisotopic (exact) mass is 408 g/mol. The highest BCUT2D eigenvalue weighted by Crippen LogP contribution is 2.21. The number of benzene rings is 1. The van der Waals surface area contributed by atoms with Crippen LogP contribution in [0.2, 0.25) is 0 Å². The standard InChI is InChI=1S/C15H13IN4O2/c16-12-8-17-7-11-9-20(18-14(11)12)13(15(21)19-22)6-10-4-2-1-3-5-10/h1-5,7-9,13,22H,6H2,(H,19,21). The molecule has 0 bridgehead atoms. The van der Waals surface area contributed by atoms with Crippen molar-refractivity contribution in [2.45, 2.75) is 12.5 Å². The van der Waals surface area contributed by atoms with Gasteiger partial charge < -0.3 is 0 Å². The van der Waals surface area contributed by atoms with Crippen LogP contribution >= 0.6 is 22.6 Å². The first-order chi connectivity index (χ1) is 10.7. The highest BCUT2D eigenvalue weighted by atomic mass is 127. The molecule has 0 radical (unpaired) electrons. The summed E-state index contributed by atoms with van der Waals surface area (Å²) in [6, 6.07) is 8.99. The molecular formula is C15H13IN4O2. The molecule has 112 valence electrons. The van der Waals surface area contributed by atoms with Crippen LogP contribution in [0.5, 0.6) is 0 Å². The number of carbonyl (C=O) groups is 1. The number of nitrogens with zero attached hydrogens (tertiary/aromatic N) is 3. The Bertz CT molecular complexity index is 804. The summed E-state index contributed by atoms with van der Waals surface area (Å²) in [6.45, 7) is 0. The lowest BCUT2D eigenvalue weighted by molar-refractivity contribution is -0.132. The van der Waals surface area contributed by atoms with Crippen LogP contribution in [0.15, 0.2) is 48.9 Å². The summed E-state index contributed by atoms with van der Waals surface area (Å²) in [6.07, 6.45) is 5.63. The minimum absolute atomic E-state index is 0.436. The fourth-order valence-corrected chi connectivity index (χ4v) is 2.89. The predicted octanol–water partition coefficient (Wildman–Crippen LogP) is 2.33. The Balaban J connectivity index is 2.00. The summed E-state index contributed by atoms with van der Waals surface area (Å²) in [5.41, 5.74) is 3.51. The maximum atomic E-state index is 12.0. The third kappa shape index (κ3) is 2.95. The molecule has 0 fully saturated rings. The fourth-order valence-electron chi connectivity index (χ4n) is 2.31. The number of hydrogen-bond donors (Lipinski definition) is 2. The van der Waals surface area contributed by atoms with Gasteiger partial charge in [0.25, 0.3) is 5.91 Å². The lowest BCUT2D eigenvalue weighted by Crippen LogP contribution is -2.32. The topological polar surface area (TPSA) is 80.0 Å². The SMILES string of the molecule is O=C(NO)C(Cc1ccccc1)n1cc2cncc(I)c2n1. The van der Waals surface area contributed by atoms with Gasteiger partial charge in [0, 0.05) is 30.4 Å². The van der Waals surface area contributed by atoms with Crippen LogP contribution in [0, 0.1) is 3.57 Å². The molecule has 1 unspecified atom stereocenters. The van der Waals surface area contributed by atoms with E-state index in [0.717, 1.165) is 20.0 Å². The summed E-state index contributed by atoms with van der Waals surface area (Å²) in [7, 11) is 0. The van der Waals surface area contributed by atoms with Crippen molar-refractivity contribution in [2.75, 3.05) is 0 Å². The quantitative estimate of drug-likeness (QED) is 0.395. The van der Waals surface area contributed by atoms with Crippen molar-refractivity contribution in [3.05, 3.63) is 58.1 Å². The average molecular weight is 408 g/mol. The Hall–Kier alpha value is -2.00. The number of rotatable bonds is 4. The second-order valence-corrected chi connectivity index (χ2v) is 6.01. The van der Waals surface area contributed by atoms with Gasteiger partial charge in [-0.1, -0.05) is 30.3 Å². The van der Waals surface area contributed by atoms with E-state index in [4.69, 9.17) is 5.21 Å². The molecule has 1 atom stereocenters. The number of hydroxylamine groups is 1. The maximum Gasteiger partial charge on any atom is 0.268 e. The van der Waals surface area contributed by atoms with Gasteiger partial charge in [-0.25, -0.2) is 5.48 Å². The molecule has 0 aliphatic carbocycles. The van der Waals surface area contributed by atoms with Crippen molar-refractivity contribution >= 4 is 39.4 Å². The summed E-state index contributed by atoms with van der Waals surface area (Å²) < 4.78 is 2.49. The van der Waals surface area contributed by atoms with E-state index >= 15 is 0 Å². The van der Waals surface area contributed by atoms with Gasteiger partial charge in [-0.2, -0.15) is 5.10 Å². The minimum atomic E-state index is -0.629. The fraction of sp³-hybridized carbons (Fsp3) is 0.133. The van der Waals surface area contributed by atoms with E-state index in [-0.39, 0.29) is 0 Å². The van der Waals surface area contributed by atoms with Crippen molar-refractivity contribution in [1.29, 1.82) is 0 Å². The zero-order valence-corrected chi connectivity index (χ0v) is 13.6. The second-order valence-electron chi connectivity index (χ2n) is 4.85. The van der Waals surface area contributed by atoms with Gasteiger partial charge in [-0.3, -0.25) is 19.7 Å². The average Bonchev–Trinajstić information content (AvgIpc) is 2.98. The zero-order chi connectivity index (χ0) is 15.5.